The second-order valence-corrected chi connectivity index (χ2v) is 5.13. The van der Waals surface area contributed by atoms with Gasteiger partial charge in [0.05, 0.1) is 0 Å². The van der Waals surface area contributed by atoms with E-state index in [0.29, 0.717) is 11.5 Å². The van der Waals surface area contributed by atoms with E-state index in [2.05, 4.69) is 4.98 Å². The molecule has 0 amide bonds. The van der Waals surface area contributed by atoms with Gasteiger partial charge in [-0.05, 0) is 38.0 Å². The van der Waals surface area contributed by atoms with E-state index < -0.39 is 0 Å². The molecule has 3 nitrogen and oxygen atoms in total. The third-order valence-electron chi connectivity index (χ3n) is 3.77. The zero-order valence-electron chi connectivity index (χ0n) is 10.6. The van der Waals surface area contributed by atoms with Crippen LogP contribution in [-0.4, -0.2) is 10.8 Å². The Labute approximate surface area is 106 Å². The number of carbonyl (C=O) groups is 1. The second kappa shape index (κ2) is 4.56. The molecule has 0 atom stereocenters. The molecule has 3 rings (SSSR count). The third-order valence-corrected chi connectivity index (χ3v) is 3.77. The topological polar surface area (TPSA) is 43.1 Å². The molecule has 0 unspecified atom stereocenters. The van der Waals surface area contributed by atoms with Gasteiger partial charge in [-0.1, -0.05) is 19.3 Å². The molecule has 0 aliphatic heterocycles. The van der Waals surface area contributed by atoms with Crippen molar-refractivity contribution in [3.05, 3.63) is 29.7 Å². The van der Waals surface area contributed by atoms with Crippen molar-refractivity contribution in [3.63, 3.8) is 0 Å². The minimum Gasteiger partial charge on any atom is -0.440 e. The lowest BCUT2D eigenvalue weighted by Crippen LogP contribution is -2.04. The van der Waals surface area contributed by atoms with E-state index in [1.54, 1.807) is 13.0 Å². The largest absolute Gasteiger partial charge is 0.440 e. The Morgan fingerprint density at radius 1 is 1.28 bits per heavy atom. The highest BCUT2D eigenvalue weighted by Gasteiger charge is 2.21. The number of hydrogen-bond acceptors (Lipinski definition) is 3. The Hall–Kier alpha value is -1.64. The normalized spacial score (nSPS) is 17.2. The van der Waals surface area contributed by atoms with Crippen molar-refractivity contribution in [1.29, 1.82) is 0 Å². The fraction of sp³-hybridized carbons (Fsp3) is 0.467. The summed E-state index contributed by atoms with van der Waals surface area (Å²) in [5.74, 6) is 1.39. The van der Waals surface area contributed by atoms with Gasteiger partial charge in [-0.2, -0.15) is 0 Å². The van der Waals surface area contributed by atoms with Crippen molar-refractivity contribution in [2.24, 2.45) is 0 Å². The molecule has 1 aliphatic carbocycles. The first-order valence-corrected chi connectivity index (χ1v) is 6.65. The van der Waals surface area contributed by atoms with Crippen molar-refractivity contribution in [3.8, 4) is 0 Å². The van der Waals surface area contributed by atoms with Crippen molar-refractivity contribution in [1.82, 2.24) is 4.98 Å². The highest BCUT2D eigenvalue weighted by molar-refractivity contribution is 5.96. The molecule has 0 N–H and O–H groups in total. The maximum atomic E-state index is 11.3. The number of fused-ring (bicyclic) bond motifs is 1. The summed E-state index contributed by atoms with van der Waals surface area (Å²) >= 11 is 0. The third kappa shape index (κ3) is 2.05. The zero-order valence-corrected chi connectivity index (χ0v) is 10.6. The van der Waals surface area contributed by atoms with Crippen LogP contribution in [0.4, 0.5) is 0 Å². The molecular formula is C15H17NO2. The van der Waals surface area contributed by atoms with Gasteiger partial charge in [0.25, 0.3) is 0 Å². The Morgan fingerprint density at radius 3 is 2.78 bits per heavy atom. The highest BCUT2D eigenvalue weighted by Crippen LogP contribution is 2.33. The average molecular weight is 243 g/mol. The molecule has 18 heavy (non-hydrogen) atoms. The fourth-order valence-electron chi connectivity index (χ4n) is 2.69. The van der Waals surface area contributed by atoms with Gasteiger partial charge in [0, 0.05) is 11.5 Å². The SMILES string of the molecule is CC(=O)c1ccc2oc(C3CCCCC3)nc2c1. The van der Waals surface area contributed by atoms with Gasteiger partial charge in [-0.15, -0.1) is 0 Å². The van der Waals surface area contributed by atoms with Gasteiger partial charge in [0.2, 0.25) is 0 Å². The van der Waals surface area contributed by atoms with Crippen LogP contribution in [0, 0.1) is 0 Å². The molecule has 1 heterocycles. The second-order valence-electron chi connectivity index (χ2n) is 5.13. The van der Waals surface area contributed by atoms with Gasteiger partial charge in [0.1, 0.15) is 5.52 Å². The van der Waals surface area contributed by atoms with Crippen LogP contribution in [-0.2, 0) is 0 Å². The van der Waals surface area contributed by atoms with Crippen LogP contribution in [0.5, 0.6) is 0 Å². The molecule has 1 aromatic carbocycles. The van der Waals surface area contributed by atoms with Crippen molar-refractivity contribution in [2.75, 3.05) is 0 Å². The number of aromatic nitrogens is 1. The van der Waals surface area contributed by atoms with Crippen LogP contribution in [0.25, 0.3) is 11.1 Å². The number of ketones is 1. The molecule has 1 aliphatic rings. The minimum atomic E-state index is 0.0686. The molecule has 0 spiro atoms. The van der Waals surface area contributed by atoms with E-state index >= 15 is 0 Å². The Morgan fingerprint density at radius 2 is 2.06 bits per heavy atom. The van der Waals surface area contributed by atoms with E-state index in [0.717, 1.165) is 17.0 Å². The predicted octanol–water partition coefficient (Wildman–Crippen LogP) is 4.08. The number of carbonyl (C=O) groups excluding carboxylic acids is 1. The maximum absolute atomic E-state index is 11.3. The summed E-state index contributed by atoms with van der Waals surface area (Å²) in [5.41, 5.74) is 2.30. The quantitative estimate of drug-likeness (QED) is 0.746. The average Bonchev–Trinajstić information content (AvgIpc) is 2.82. The van der Waals surface area contributed by atoms with Crippen LogP contribution in [0.15, 0.2) is 22.6 Å². The summed E-state index contributed by atoms with van der Waals surface area (Å²) in [7, 11) is 0. The molecule has 0 bridgehead atoms. The molecule has 0 radical (unpaired) electrons. The zero-order chi connectivity index (χ0) is 12.5. The van der Waals surface area contributed by atoms with E-state index in [1.807, 2.05) is 12.1 Å². The summed E-state index contributed by atoms with van der Waals surface area (Å²) in [6.07, 6.45) is 6.20. The van der Waals surface area contributed by atoms with Crippen LogP contribution < -0.4 is 0 Å². The fourth-order valence-corrected chi connectivity index (χ4v) is 2.69. The van der Waals surface area contributed by atoms with Gasteiger partial charge in [0.15, 0.2) is 17.3 Å². The molecule has 1 fully saturated rings. The molecule has 1 saturated carbocycles. The smallest absolute Gasteiger partial charge is 0.198 e. The van der Waals surface area contributed by atoms with Crippen LogP contribution in [0.1, 0.15) is 61.2 Å². The Kier molecular flexibility index (Phi) is 2.90. The maximum Gasteiger partial charge on any atom is 0.198 e. The highest BCUT2D eigenvalue weighted by atomic mass is 16.3. The lowest BCUT2D eigenvalue weighted by atomic mass is 9.89. The summed E-state index contributed by atoms with van der Waals surface area (Å²) in [4.78, 5) is 15.9. The summed E-state index contributed by atoms with van der Waals surface area (Å²) < 4.78 is 5.82. The first-order chi connectivity index (χ1) is 8.74. The van der Waals surface area contributed by atoms with Crippen molar-refractivity contribution in [2.45, 2.75) is 44.9 Å². The molecule has 3 heteroatoms. The number of benzene rings is 1. The van der Waals surface area contributed by atoms with E-state index in [4.69, 9.17) is 4.42 Å². The number of rotatable bonds is 2. The molecule has 2 aromatic rings. The summed E-state index contributed by atoms with van der Waals surface area (Å²) in [5, 5.41) is 0. The van der Waals surface area contributed by atoms with E-state index in [-0.39, 0.29) is 5.78 Å². The molecular weight excluding hydrogens is 226 g/mol. The van der Waals surface area contributed by atoms with E-state index in [9.17, 15) is 4.79 Å². The molecule has 0 saturated heterocycles. The van der Waals surface area contributed by atoms with Gasteiger partial charge in [-0.25, -0.2) is 4.98 Å². The van der Waals surface area contributed by atoms with Crippen molar-refractivity contribution < 1.29 is 9.21 Å². The minimum absolute atomic E-state index is 0.0686. The van der Waals surface area contributed by atoms with Crippen LogP contribution in [0.2, 0.25) is 0 Å². The van der Waals surface area contributed by atoms with E-state index in [1.165, 1.54) is 32.1 Å². The molecule has 94 valence electrons. The Bertz CT molecular complexity index is 579. The lowest BCUT2D eigenvalue weighted by Gasteiger charge is -2.17. The van der Waals surface area contributed by atoms with Gasteiger partial charge >= 0.3 is 0 Å². The van der Waals surface area contributed by atoms with Crippen LogP contribution >= 0.6 is 0 Å². The monoisotopic (exact) mass is 243 g/mol. The summed E-state index contributed by atoms with van der Waals surface area (Å²) in [6.45, 7) is 1.57. The van der Waals surface area contributed by atoms with Gasteiger partial charge < -0.3 is 4.42 Å². The lowest BCUT2D eigenvalue weighted by molar-refractivity contribution is 0.101. The first-order valence-electron chi connectivity index (χ1n) is 6.65. The summed E-state index contributed by atoms with van der Waals surface area (Å²) in [6, 6.07) is 5.49. The molecule has 1 aromatic heterocycles. The standard InChI is InChI=1S/C15H17NO2/c1-10(17)12-7-8-14-13(9-12)16-15(18-14)11-5-3-2-4-6-11/h7-9,11H,2-6H2,1H3. The Balaban J connectivity index is 1.97. The number of Topliss-reactive ketones (excluding diaryl/α,β-unsaturated/α-hetero) is 1. The van der Waals surface area contributed by atoms with Crippen molar-refractivity contribution >= 4 is 16.9 Å². The van der Waals surface area contributed by atoms with Crippen LogP contribution in [0.3, 0.4) is 0 Å². The number of nitrogens with zero attached hydrogens (tertiary/aromatic N) is 1. The van der Waals surface area contributed by atoms with Gasteiger partial charge in [-0.3, -0.25) is 4.79 Å². The number of hydrogen-bond donors (Lipinski definition) is 0. The number of oxazole rings is 1. The predicted molar refractivity (Wildman–Crippen MR) is 69.8 cm³/mol. The first kappa shape index (κ1) is 11.5.